The van der Waals surface area contributed by atoms with Crippen LogP contribution in [-0.4, -0.2) is 46.2 Å². The maximum absolute atomic E-state index is 12.2. The van der Waals surface area contributed by atoms with Gasteiger partial charge in [-0.1, -0.05) is 40.2 Å². The van der Waals surface area contributed by atoms with Gasteiger partial charge < -0.3 is 24.0 Å². The first kappa shape index (κ1) is 33.2. The van der Waals surface area contributed by atoms with Gasteiger partial charge in [-0.2, -0.15) is 0 Å². The van der Waals surface area contributed by atoms with Crippen molar-refractivity contribution in [3.8, 4) is 17.2 Å². The lowest BCUT2D eigenvalue weighted by Gasteiger charge is -2.06. The lowest BCUT2D eigenvalue weighted by atomic mass is 10.0. The number of H-pyrrole nitrogens is 1. The van der Waals surface area contributed by atoms with E-state index in [1.165, 1.54) is 20.3 Å². The summed E-state index contributed by atoms with van der Waals surface area (Å²) in [6.45, 7) is 6.93. The number of esters is 2. The quantitative estimate of drug-likeness (QED) is 0.125. The van der Waals surface area contributed by atoms with Crippen molar-refractivity contribution in [1.82, 2.24) is 15.0 Å². The lowest BCUT2D eigenvalue weighted by Crippen LogP contribution is -2.09. The number of ether oxygens (including phenoxy) is 2. The SMILES string of the molecule is COC(=O)c1cccc2c1Cc1c-2[nH]c(=O)c2cccnc12.O=c1cc2ncccc2c(O)o1.[C-]#[N+]c1cccc(C(=O)OC)c1CBr. The van der Waals surface area contributed by atoms with E-state index in [4.69, 9.17) is 16.4 Å². The number of carbonyl (C=O) groups excluding carboxylic acids is 2. The number of carbonyl (C=O) groups is 2. The van der Waals surface area contributed by atoms with E-state index in [0.29, 0.717) is 55.9 Å². The number of benzene rings is 2. The van der Waals surface area contributed by atoms with Crippen LogP contribution >= 0.6 is 15.9 Å². The van der Waals surface area contributed by atoms with Crippen molar-refractivity contribution >= 4 is 55.4 Å². The fourth-order valence-electron chi connectivity index (χ4n) is 5.22. The van der Waals surface area contributed by atoms with Gasteiger partial charge in [0.1, 0.15) is 0 Å². The number of aromatic nitrogens is 3. The molecule has 0 saturated carbocycles. The molecular formula is C35H25BrN4O8. The summed E-state index contributed by atoms with van der Waals surface area (Å²) in [6, 6.07) is 18.4. The Hall–Kier alpha value is -6.13. The van der Waals surface area contributed by atoms with E-state index < -0.39 is 11.6 Å². The molecule has 0 amide bonds. The molecule has 48 heavy (non-hydrogen) atoms. The Labute approximate surface area is 280 Å². The number of methoxy groups -OCH3 is 2. The highest BCUT2D eigenvalue weighted by atomic mass is 79.9. The van der Waals surface area contributed by atoms with Crippen molar-refractivity contribution in [3.63, 3.8) is 0 Å². The van der Waals surface area contributed by atoms with E-state index in [1.807, 2.05) is 6.07 Å². The van der Waals surface area contributed by atoms with Crippen LogP contribution < -0.4 is 11.2 Å². The minimum Gasteiger partial charge on any atom is -0.480 e. The first-order chi connectivity index (χ1) is 23.2. The second-order valence-electron chi connectivity index (χ2n) is 10.1. The summed E-state index contributed by atoms with van der Waals surface area (Å²) >= 11 is 3.25. The molecule has 13 heteroatoms. The Bertz CT molecular complexity index is 2360. The highest BCUT2D eigenvalue weighted by molar-refractivity contribution is 9.08. The third kappa shape index (κ3) is 6.55. The number of rotatable bonds is 3. The molecule has 0 fully saturated rings. The smallest absolute Gasteiger partial charge is 0.340 e. The van der Waals surface area contributed by atoms with Crippen LogP contribution in [0.1, 0.15) is 37.4 Å². The number of aromatic hydroxyl groups is 1. The molecular weight excluding hydrogens is 684 g/mol. The van der Waals surface area contributed by atoms with Gasteiger partial charge >= 0.3 is 17.6 Å². The fourth-order valence-corrected chi connectivity index (χ4v) is 5.81. The average Bonchev–Trinajstić information content (AvgIpc) is 3.50. The minimum absolute atomic E-state index is 0.168. The Kier molecular flexibility index (Phi) is 10.1. The van der Waals surface area contributed by atoms with Crippen molar-refractivity contribution in [3.05, 3.63) is 139 Å². The van der Waals surface area contributed by atoms with Crippen LogP contribution in [0.5, 0.6) is 5.95 Å². The number of fused-ring (bicyclic) bond motifs is 6. The molecule has 4 heterocycles. The number of hydrogen-bond acceptors (Lipinski definition) is 10. The second-order valence-corrected chi connectivity index (χ2v) is 10.6. The molecule has 2 aromatic carbocycles. The molecule has 0 spiro atoms. The highest BCUT2D eigenvalue weighted by Gasteiger charge is 2.27. The monoisotopic (exact) mass is 708 g/mol. The van der Waals surface area contributed by atoms with Gasteiger partial charge in [-0.05, 0) is 47.5 Å². The summed E-state index contributed by atoms with van der Waals surface area (Å²) in [5.74, 6) is -1.17. The first-order valence-electron chi connectivity index (χ1n) is 14.1. The maximum atomic E-state index is 12.2. The molecule has 0 unspecified atom stereocenters. The molecule has 1 aliphatic rings. The van der Waals surface area contributed by atoms with Gasteiger partial charge in [0.15, 0.2) is 5.69 Å². The van der Waals surface area contributed by atoms with Crippen molar-refractivity contribution in [1.29, 1.82) is 0 Å². The van der Waals surface area contributed by atoms with Crippen LogP contribution in [-0.2, 0) is 21.2 Å². The molecule has 4 aromatic heterocycles. The predicted octanol–water partition coefficient (Wildman–Crippen LogP) is 6.09. The molecule has 1 aliphatic carbocycles. The standard InChI is InChI=1S/C17H12N2O3.C10H8BrNO2.C8H5NO3/c1-22-17(21)10-5-2-4-9-12(10)8-13-14-11(6-3-7-18-14)16(20)19-15(9)13;1-12-9-5-3-4-7(8(9)6-11)10(13)14-2;10-7-4-6-5(8(11)12-7)2-1-3-9-6/h2-7H,8H2,1H3,(H,19,20);3-5H,6H2,2H3;1-4,11H. The largest absolute Gasteiger partial charge is 0.480 e. The van der Waals surface area contributed by atoms with E-state index in [2.05, 4.69) is 44.9 Å². The van der Waals surface area contributed by atoms with Crippen LogP contribution in [0.2, 0.25) is 0 Å². The number of nitrogens with zero attached hydrogens (tertiary/aromatic N) is 3. The Morgan fingerprint density at radius 2 is 1.60 bits per heavy atom. The topological polar surface area (TPSA) is 166 Å². The first-order valence-corrected chi connectivity index (χ1v) is 15.3. The summed E-state index contributed by atoms with van der Waals surface area (Å²) < 4.78 is 13.9. The molecule has 0 radical (unpaired) electrons. The van der Waals surface area contributed by atoms with Crippen LogP contribution in [0, 0.1) is 6.57 Å². The zero-order valence-electron chi connectivity index (χ0n) is 25.4. The van der Waals surface area contributed by atoms with E-state index in [1.54, 1.807) is 67.0 Å². The lowest BCUT2D eigenvalue weighted by molar-refractivity contribution is 0.0591. The molecule has 0 atom stereocenters. The normalized spacial score (nSPS) is 10.8. The van der Waals surface area contributed by atoms with Crippen molar-refractivity contribution in [2.75, 3.05) is 14.2 Å². The second kappa shape index (κ2) is 14.5. The van der Waals surface area contributed by atoms with Crippen LogP contribution in [0.25, 0.3) is 37.9 Å². The van der Waals surface area contributed by atoms with Crippen molar-refractivity contribution in [2.45, 2.75) is 11.8 Å². The number of halogens is 1. The average molecular weight is 710 g/mol. The van der Waals surface area contributed by atoms with E-state index in [-0.39, 0.29) is 17.5 Å². The fraction of sp³-hybridized carbons (Fsp3) is 0.114. The maximum Gasteiger partial charge on any atom is 0.340 e. The minimum atomic E-state index is -0.598. The Balaban J connectivity index is 0.000000150. The highest BCUT2D eigenvalue weighted by Crippen LogP contribution is 2.39. The van der Waals surface area contributed by atoms with Gasteiger partial charge in [0.2, 0.25) is 0 Å². The predicted molar refractivity (Wildman–Crippen MR) is 181 cm³/mol. The van der Waals surface area contributed by atoms with E-state index in [9.17, 15) is 19.2 Å². The third-order valence-corrected chi connectivity index (χ3v) is 7.97. The Morgan fingerprint density at radius 1 is 0.938 bits per heavy atom. The van der Waals surface area contributed by atoms with Crippen LogP contribution in [0.4, 0.5) is 5.69 Å². The number of nitrogens with one attached hydrogen (secondary N) is 1. The molecule has 0 aliphatic heterocycles. The molecule has 6 aromatic rings. The number of pyridine rings is 3. The molecule has 7 rings (SSSR count). The Morgan fingerprint density at radius 3 is 2.31 bits per heavy atom. The third-order valence-electron chi connectivity index (χ3n) is 7.41. The molecule has 240 valence electrons. The van der Waals surface area contributed by atoms with Crippen LogP contribution in [0.3, 0.4) is 0 Å². The van der Waals surface area contributed by atoms with Gasteiger partial charge in [0.25, 0.3) is 11.5 Å². The van der Waals surface area contributed by atoms with Gasteiger partial charge in [-0.3, -0.25) is 14.8 Å². The van der Waals surface area contributed by atoms with Crippen LogP contribution in [0.15, 0.2) is 93.1 Å². The molecule has 12 nitrogen and oxygen atoms in total. The summed E-state index contributed by atoms with van der Waals surface area (Å²) in [7, 11) is 2.69. The number of aromatic amines is 1. The summed E-state index contributed by atoms with van der Waals surface area (Å²) in [5, 5.41) is 10.6. The van der Waals surface area contributed by atoms with Gasteiger partial charge in [-0.15, -0.1) is 0 Å². The molecule has 2 N–H and O–H groups in total. The van der Waals surface area contributed by atoms with E-state index in [0.717, 1.165) is 22.4 Å². The number of alkyl halides is 1. The van der Waals surface area contributed by atoms with Gasteiger partial charge in [0.05, 0.1) is 65.5 Å². The van der Waals surface area contributed by atoms with E-state index >= 15 is 0 Å². The zero-order chi connectivity index (χ0) is 34.4. The molecule has 0 saturated heterocycles. The molecule has 0 bridgehead atoms. The zero-order valence-corrected chi connectivity index (χ0v) is 27.0. The van der Waals surface area contributed by atoms with Gasteiger partial charge in [-0.25, -0.2) is 19.2 Å². The summed E-state index contributed by atoms with van der Waals surface area (Å²) in [5.41, 5.74) is 5.91. The summed E-state index contributed by atoms with van der Waals surface area (Å²) in [4.78, 5) is 60.7. The van der Waals surface area contributed by atoms with Crippen molar-refractivity contribution in [2.24, 2.45) is 0 Å². The number of hydrogen-bond donors (Lipinski definition) is 2. The van der Waals surface area contributed by atoms with Gasteiger partial charge in [0, 0.05) is 35.3 Å². The van der Waals surface area contributed by atoms with Crippen molar-refractivity contribution < 1.29 is 28.6 Å². The summed E-state index contributed by atoms with van der Waals surface area (Å²) in [6.07, 6.45) is 3.77.